The summed E-state index contributed by atoms with van der Waals surface area (Å²) >= 11 is 0. The zero-order valence-electron chi connectivity index (χ0n) is 20.8. The maximum absolute atomic E-state index is 14.7. The Hall–Kier alpha value is -4.16. The normalized spacial score (nSPS) is 11.1. The Morgan fingerprint density at radius 3 is 2.18 bits per heavy atom. The number of hydrogen-bond acceptors (Lipinski definition) is 5. The molecule has 4 aromatic heterocycles. The van der Waals surface area contributed by atoms with Crippen molar-refractivity contribution in [3.63, 3.8) is 0 Å². The van der Waals surface area contributed by atoms with Crippen molar-refractivity contribution in [2.75, 3.05) is 0 Å². The van der Waals surface area contributed by atoms with Gasteiger partial charge in [0.1, 0.15) is 17.6 Å². The molecular weight excluding hydrogens is 681 g/mol. The first kappa shape index (κ1) is 27.9. The zero-order chi connectivity index (χ0) is 26.9. The first-order valence-electron chi connectivity index (χ1n) is 11.7. The first-order chi connectivity index (χ1) is 18.2. The average molecular weight is 703 g/mol. The summed E-state index contributed by atoms with van der Waals surface area (Å²) in [6, 6.07) is 25.1. The van der Waals surface area contributed by atoms with Gasteiger partial charge in [-0.25, -0.2) is 18.6 Å². The molecule has 0 aliphatic heterocycles. The van der Waals surface area contributed by atoms with E-state index in [1.807, 2.05) is 56.3 Å². The predicted molar refractivity (Wildman–Crippen MR) is 138 cm³/mol. The van der Waals surface area contributed by atoms with E-state index in [1.54, 1.807) is 30.5 Å². The maximum Gasteiger partial charge on any atom is 0.354 e. The van der Waals surface area contributed by atoms with Crippen molar-refractivity contribution in [3.8, 4) is 33.6 Å². The van der Waals surface area contributed by atoms with Gasteiger partial charge in [0.2, 0.25) is 0 Å². The summed E-state index contributed by atoms with van der Waals surface area (Å²) in [4.78, 5) is 28.8. The van der Waals surface area contributed by atoms with E-state index in [-0.39, 0.29) is 38.0 Å². The summed E-state index contributed by atoms with van der Waals surface area (Å²) in [5.74, 6) is -3.20. The van der Waals surface area contributed by atoms with Gasteiger partial charge >= 0.3 is 5.97 Å². The molecule has 0 spiro atoms. The Labute approximate surface area is 238 Å². The van der Waals surface area contributed by atoms with Crippen LogP contribution in [0.25, 0.3) is 33.6 Å². The van der Waals surface area contributed by atoms with Crippen LogP contribution in [0.1, 0.15) is 35.7 Å². The molecule has 1 aromatic carbocycles. The molecule has 0 bridgehead atoms. The topological polar surface area (TPSA) is 88.9 Å². The average Bonchev–Trinajstić information content (AvgIpc) is 2.93. The van der Waals surface area contributed by atoms with Crippen LogP contribution in [0, 0.1) is 18.0 Å². The third-order valence-corrected chi connectivity index (χ3v) is 6.22. The molecule has 0 saturated heterocycles. The van der Waals surface area contributed by atoms with Gasteiger partial charge < -0.3 is 10.1 Å². The Morgan fingerprint density at radius 2 is 1.51 bits per heavy atom. The van der Waals surface area contributed by atoms with Crippen molar-refractivity contribution in [3.05, 3.63) is 120 Å². The Morgan fingerprint density at radius 1 is 0.821 bits per heavy atom. The van der Waals surface area contributed by atoms with Gasteiger partial charge in [-0.05, 0) is 66.6 Å². The molecule has 0 atom stereocenters. The molecule has 0 fully saturated rings. The molecule has 4 heterocycles. The second kappa shape index (κ2) is 11.3. The molecule has 0 radical (unpaired) electrons. The van der Waals surface area contributed by atoms with Gasteiger partial charge in [-0.15, -0.1) is 6.07 Å². The number of aromatic carboxylic acids is 1. The number of pyridine rings is 4. The zero-order valence-corrected chi connectivity index (χ0v) is 23.1. The molecule has 0 amide bonds. The Bertz CT molecular complexity index is 1650. The number of benzene rings is 1. The van der Waals surface area contributed by atoms with Crippen molar-refractivity contribution in [2.24, 2.45) is 0 Å². The molecule has 9 heteroatoms. The molecule has 39 heavy (non-hydrogen) atoms. The van der Waals surface area contributed by atoms with Gasteiger partial charge in [-0.1, -0.05) is 54.1 Å². The van der Waals surface area contributed by atoms with Crippen LogP contribution in [0.15, 0.2) is 85.1 Å². The largest absolute Gasteiger partial charge is 0.477 e. The van der Waals surface area contributed by atoms with Crippen molar-refractivity contribution < 1.29 is 39.7 Å². The summed E-state index contributed by atoms with van der Waals surface area (Å²) in [6.07, 6.45) is 1.64. The third kappa shape index (κ3) is 5.81. The fourth-order valence-electron chi connectivity index (χ4n) is 4.10. The number of halogens is 2. The minimum atomic E-state index is -1.16. The van der Waals surface area contributed by atoms with Crippen molar-refractivity contribution >= 4 is 5.97 Å². The van der Waals surface area contributed by atoms with E-state index >= 15 is 0 Å². The standard InChI is InChI=1S/C30H21F2N4O2.Pt/c1-30(2,25-16-19(14-24(35-25)29(37)38)18-8-4-3-5-9-18)26-17-20(22-10-6-7-13-33-22)15-23(34-26)21-11-12-27(31)36-28(21)32;/h3-10,12-17H,1-2H3,(H,37,38);/q-1;. The summed E-state index contributed by atoms with van der Waals surface area (Å²) in [7, 11) is 0. The van der Waals surface area contributed by atoms with Crippen molar-refractivity contribution in [2.45, 2.75) is 19.3 Å². The number of aromatic nitrogens is 4. The number of carbonyl (C=O) groups is 1. The number of carboxylic acids is 1. The van der Waals surface area contributed by atoms with E-state index in [4.69, 9.17) is 4.98 Å². The van der Waals surface area contributed by atoms with Gasteiger partial charge in [0, 0.05) is 38.4 Å². The van der Waals surface area contributed by atoms with Crippen LogP contribution in [-0.2, 0) is 26.5 Å². The van der Waals surface area contributed by atoms with Crippen LogP contribution >= 0.6 is 0 Å². The fraction of sp³-hybridized carbons (Fsp3) is 0.100. The molecule has 5 rings (SSSR count). The van der Waals surface area contributed by atoms with Crippen LogP contribution in [0.4, 0.5) is 8.78 Å². The molecule has 6 nitrogen and oxygen atoms in total. The number of rotatable bonds is 6. The van der Waals surface area contributed by atoms with Gasteiger partial charge in [0.15, 0.2) is 0 Å². The summed E-state index contributed by atoms with van der Waals surface area (Å²) in [6.45, 7) is 3.71. The summed E-state index contributed by atoms with van der Waals surface area (Å²) < 4.78 is 28.2. The molecule has 198 valence electrons. The van der Waals surface area contributed by atoms with E-state index in [0.717, 1.165) is 11.6 Å². The van der Waals surface area contributed by atoms with E-state index in [0.29, 0.717) is 28.2 Å². The van der Waals surface area contributed by atoms with E-state index in [9.17, 15) is 18.7 Å². The SMILES string of the molecule is CC(C)(c1cc(-c2ccccc2)cc(C(=O)O)n1)c1cc(-c2ccccn2)cc(-c2[c-]cc(F)nc2F)n1.[Pt]. The maximum atomic E-state index is 14.7. The van der Waals surface area contributed by atoms with Crippen LogP contribution < -0.4 is 0 Å². The summed E-state index contributed by atoms with van der Waals surface area (Å²) in [5.41, 5.74) is 2.72. The van der Waals surface area contributed by atoms with Crippen molar-refractivity contribution in [1.82, 2.24) is 19.9 Å². The van der Waals surface area contributed by atoms with Crippen LogP contribution in [-0.4, -0.2) is 31.0 Å². The second-order valence-corrected chi connectivity index (χ2v) is 9.15. The number of nitrogens with zero attached hydrogens (tertiary/aromatic N) is 4. The van der Waals surface area contributed by atoms with E-state index in [2.05, 4.69) is 21.0 Å². The number of hydrogen-bond donors (Lipinski definition) is 1. The quantitative estimate of drug-likeness (QED) is 0.164. The van der Waals surface area contributed by atoms with Gasteiger partial charge in [-0.2, -0.15) is 0 Å². The van der Waals surface area contributed by atoms with Crippen LogP contribution in [0.5, 0.6) is 0 Å². The van der Waals surface area contributed by atoms with Crippen LogP contribution in [0.3, 0.4) is 0 Å². The molecule has 5 aromatic rings. The molecule has 0 aliphatic carbocycles. The summed E-state index contributed by atoms with van der Waals surface area (Å²) in [5, 5.41) is 9.79. The van der Waals surface area contributed by atoms with E-state index < -0.39 is 23.3 Å². The van der Waals surface area contributed by atoms with Crippen LogP contribution in [0.2, 0.25) is 0 Å². The van der Waals surface area contributed by atoms with Gasteiger partial charge in [0.25, 0.3) is 0 Å². The monoisotopic (exact) mass is 702 g/mol. The first-order valence-corrected chi connectivity index (χ1v) is 11.7. The minimum absolute atomic E-state index is 0. The Balaban J connectivity index is 0.00000353. The smallest absolute Gasteiger partial charge is 0.354 e. The Kier molecular flexibility index (Phi) is 8.07. The molecule has 0 unspecified atom stereocenters. The molecule has 1 N–H and O–H groups in total. The predicted octanol–water partition coefficient (Wildman–Crippen LogP) is 6.37. The second-order valence-electron chi connectivity index (χ2n) is 9.15. The van der Waals surface area contributed by atoms with Crippen molar-refractivity contribution in [1.29, 1.82) is 0 Å². The van der Waals surface area contributed by atoms with Gasteiger partial charge in [0.05, 0.1) is 11.4 Å². The molecule has 0 aliphatic rings. The fourth-order valence-corrected chi connectivity index (χ4v) is 4.10. The minimum Gasteiger partial charge on any atom is -0.477 e. The third-order valence-electron chi connectivity index (χ3n) is 6.22. The molecular formula is C30H21F2N4O2Pt-. The number of carboxylic acid groups (broad SMARTS) is 1. The molecule has 0 saturated carbocycles. The van der Waals surface area contributed by atoms with Gasteiger partial charge in [-0.3, -0.25) is 9.97 Å². The van der Waals surface area contributed by atoms with E-state index in [1.165, 1.54) is 6.07 Å².